The maximum Gasteiger partial charge on any atom is 0.335 e. The summed E-state index contributed by atoms with van der Waals surface area (Å²) in [6, 6.07) is 0.367. The Hall–Kier alpha value is -0.990. The van der Waals surface area contributed by atoms with Crippen LogP contribution in [0.5, 0.6) is 0 Å². The molecule has 1 fully saturated rings. The molecule has 1 heterocycles. The van der Waals surface area contributed by atoms with Crippen molar-refractivity contribution in [2.75, 3.05) is 6.61 Å². The molecule has 1 saturated heterocycles. The Kier molecular flexibility index (Phi) is 2.74. The number of cyclic esters (lactones) is 1. The first-order valence-electron chi connectivity index (χ1n) is 4.24. The molecule has 0 spiro atoms. The molecule has 0 aliphatic carbocycles. The summed E-state index contributed by atoms with van der Waals surface area (Å²) in [5, 5.41) is 3.19. The second-order valence-corrected chi connectivity index (χ2v) is 3.29. The molecule has 68 valence electrons. The van der Waals surface area contributed by atoms with E-state index in [2.05, 4.69) is 5.32 Å². The molecule has 1 aliphatic heterocycles. The molecule has 1 aliphatic rings. The van der Waals surface area contributed by atoms with Gasteiger partial charge < -0.3 is 10.1 Å². The molecule has 3 nitrogen and oxygen atoms in total. The topological polar surface area (TPSA) is 38.3 Å². The summed E-state index contributed by atoms with van der Waals surface area (Å²) in [5.74, 6) is -0.166. The highest BCUT2D eigenvalue weighted by Gasteiger charge is 2.21. The van der Waals surface area contributed by atoms with E-state index >= 15 is 0 Å². The Morgan fingerprint density at radius 3 is 2.67 bits per heavy atom. The van der Waals surface area contributed by atoms with E-state index in [-0.39, 0.29) is 5.97 Å². The lowest BCUT2D eigenvalue weighted by Crippen LogP contribution is -2.22. The average Bonchev–Trinajstić information content (AvgIpc) is 2.33. The van der Waals surface area contributed by atoms with Crippen LogP contribution in [0.25, 0.3) is 0 Å². The van der Waals surface area contributed by atoms with Crippen LogP contribution in [0.1, 0.15) is 27.2 Å². The zero-order valence-electron chi connectivity index (χ0n) is 7.81. The quantitative estimate of drug-likeness (QED) is 0.498. The van der Waals surface area contributed by atoms with Gasteiger partial charge in [0, 0.05) is 18.2 Å². The maximum atomic E-state index is 11.1. The van der Waals surface area contributed by atoms with Crippen LogP contribution in [0.4, 0.5) is 0 Å². The largest absolute Gasteiger partial charge is 0.462 e. The molecule has 0 bridgehead atoms. The number of allylic oxidation sites excluding steroid dienone is 1. The zero-order valence-corrected chi connectivity index (χ0v) is 7.81. The van der Waals surface area contributed by atoms with Gasteiger partial charge in [-0.3, -0.25) is 0 Å². The summed E-state index contributed by atoms with van der Waals surface area (Å²) in [6.45, 7) is 6.54. The third kappa shape index (κ3) is 2.00. The van der Waals surface area contributed by atoms with E-state index in [1.807, 2.05) is 20.8 Å². The van der Waals surface area contributed by atoms with Crippen molar-refractivity contribution in [3.8, 4) is 0 Å². The Labute approximate surface area is 72.8 Å². The van der Waals surface area contributed by atoms with Gasteiger partial charge in [0.2, 0.25) is 0 Å². The lowest BCUT2D eigenvalue weighted by molar-refractivity contribution is -0.135. The molecule has 1 rings (SSSR count). The molecule has 0 aromatic rings. The minimum absolute atomic E-state index is 0.166. The normalized spacial score (nSPS) is 21.2. The van der Waals surface area contributed by atoms with E-state index in [0.29, 0.717) is 12.6 Å². The summed E-state index contributed by atoms with van der Waals surface area (Å²) < 4.78 is 4.83. The minimum Gasteiger partial charge on any atom is -0.462 e. The molecule has 0 radical (unpaired) electrons. The Bertz CT molecular complexity index is 219. The number of hydrogen-bond acceptors (Lipinski definition) is 3. The van der Waals surface area contributed by atoms with Gasteiger partial charge in [-0.25, -0.2) is 4.79 Å². The lowest BCUT2D eigenvalue weighted by Gasteiger charge is -2.11. The standard InChI is InChI=1S/C9H15NO2/c1-6(2)10-7(3)8-4-5-12-9(8)11/h6,10H,4-5H2,1-3H3/b8-7-. The first kappa shape index (κ1) is 9.10. The third-order valence-corrected chi connectivity index (χ3v) is 1.79. The molecule has 0 amide bonds. The monoisotopic (exact) mass is 169 g/mol. The minimum atomic E-state index is -0.166. The van der Waals surface area contributed by atoms with Crippen LogP contribution in [0, 0.1) is 0 Å². The highest BCUT2D eigenvalue weighted by atomic mass is 16.5. The number of carbonyl (C=O) groups is 1. The summed E-state index contributed by atoms with van der Waals surface area (Å²) in [4.78, 5) is 11.1. The van der Waals surface area contributed by atoms with Gasteiger partial charge >= 0.3 is 5.97 Å². The van der Waals surface area contributed by atoms with Crippen molar-refractivity contribution in [3.63, 3.8) is 0 Å². The van der Waals surface area contributed by atoms with Gasteiger partial charge in [-0.2, -0.15) is 0 Å². The van der Waals surface area contributed by atoms with Gasteiger partial charge in [-0.05, 0) is 20.8 Å². The van der Waals surface area contributed by atoms with Gasteiger partial charge in [0.15, 0.2) is 0 Å². The molecule has 3 heteroatoms. The summed E-state index contributed by atoms with van der Waals surface area (Å²) in [7, 11) is 0. The van der Waals surface area contributed by atoms with E-state index in [4.69, 9.17) is 4.74 Å². The molecular formula is C9H15NO2. The fourth-order valence-electron chi connectivity index (χ4n) is 1.30. The van der Waals surface area contributed by atoms with Crippen molar-refractivity contribution >= 4 is 5.97 Å². The molecule has 0 atom stereocenters. The maximum absolute atomic E-state index is 11.1. The lowest BCUT2D eigenvalue weighted by atomic mass is 10.2. The number of ether oxygens (including phenoxy) is 1. The van der Waals surface area contributed by atoms with E-state index in [1.54, 1.807) is 0 Å². The Balaban J connectivity index is 2.68. The smallest absolute Gasteiger partial charge is 0.335 e. The van der Waals surface area contributed by atoms with Gasteiger partial charge in [-0.1, -0.05) is 0 Å². The number of hydrogen-bond donors (Lipinski definition) is 1. The van der Waals surface area contributed by atoms with Crippen LogP contribution in [0.3, 0.4) is 0 Å². The van der Waals surface area contributed by atoms with Gasteiger partial charge in [0.25, 0.3) is 0 Å². The molecule has 0 unspecified atom stereocenters. The second-order valence-electron chi connectivity index (χ2n) is 3.29. The number of esters is 1. The number of carbonyl (C=O) groups excluding carboxylic acids is 1. The first-order chi connectivity index (χ1) is 5.61. The molecule has 12 heavy (non-hydrogen) atoms. The molecule has 1 N–H and O–H groups in total. The van der Waals surface area contributed by atoms with Gasteiger partial charge in [0.1, 0.15) is 0 Å². The SMILES string of the molecule is C/C(NC(C)C)=C1\CCOC1=O. The van der Waals surface area contributed by atoms with Crippen molar-refractivity contribution in [3.05, 3.63) is 11.3 Å². The van der Waals surface area contributed by atoms with Gasteiger partial charge in [0.05, 0.1) is 12.2 Å². The molecular weight excluding hydrogens is 154 g/mol. The number of rotatable bonds is 2. The number of nitrogens with one attached hydrogen (secondary N) is 1. The molecule has 0 aromatic carbocycles. The summed E-state index contributed by atoms with van der Waals surface area (Å²) >= 11 is 0. The van der Waals surface area contributed by atoms with Gasteiger partial charge in [-0.15, -0.1) is 0 Å². The van der Waals surface area contributed by atoms with E-state index in [9.17, 15) is 4.79 Å². The second kappa shape index (κ2) is 3.61. The van der Waals surface area contributed by atoms with Crippen LogP contribution >= 0.6 is 0 Å². The predicted molar refractivity (Wildman–Crippen MR) is 46.5 cm³/mol. The average molecular weight is 169 g/mol. The predicted octanol–water partition coefficient (Wildman–Crippen LogP) is 1.21. The fraction of sp³-hybridized carbons (Fsp3) is 0.667. The summed E-state index contributed by atoms with van der Waals surface area (Å²) in [5.41, 5.74) is 1.75. The van der Waals surface area contributed by atoms with E-state index in [0.717, 1.165) is 17.7 Å². The van der Waals surface area contributed by atoms with Crippen molar-refractivity contribution < 1.29 is 9.53 Å². The van der Waals surface area contributed by atoms with Crippen LogP contribution in [0.2, 0.25) is 0 Å². The molecule has 0 saturated carbocycles. The van der Waals surface area contributed by atoms with Crippen LogP contribution in [-0.2, 0) is 9.53 Å². The third-order valence-electron chi connectivity index (χ3n) is 1.79. The van der Waals surface area contributed by atoms with Crippen molar-refractivity contribution in [2.45, 2.75) is 33.2 Å². The van der Waals surface area contributed by atoms with E-state index in [1.165, 1.54) is 0 Å². The van der Waals surface area contributed by atoms with Crippen molar-refractivity contribution in [2.24, 2.45) is 0 Å². The summed E-state index contributed by atoms with van der Waals surface area (Å²) in [6.07, 6.45) is 0.740. The van der Waals surface area contributed by atoms with Crippen LogP contribution < -0.4 is 5.32 Å². The Morgan fingerprint density at radius 2 is 2.25 bits per heavy atom. The van der Waals surface area contributed by atoms with E-state index < -0.39 is 0 Å². The highest BCUT2D eigenvalue weighted by molar-refractivity contribution is 5.90. The first-order valence-corrected chi connectivity index (χ1v) is 4.24. The van der Waals surface area contributed by atoms with Crippen LogP contribution in [0.15, 0.2) is 11.3 Å². The highest BCUT2D eigenvalue weighted by Crippen LogP contribution is 2.16. The zero-order chi connectivity index (χ0) is 9.14. The van der Waals surface area contributed by atoms with Crippen molar-refractivity contribution in [1.29, 1.82) is 0 Å². The molecule has 0 aromatic heterocycles. The Morgan fingerprint density at radius 1 is 1.58 bits per heavy atom. The van der Waals surface area contributed by atoms with Crippen molar-refractivity contribution in [1.82, 2.24) is 5.32 Å². The fourth-order valence-corrected chi connectivity index (χ4v) is 1.30. The van der Waals surface area contributed by atoms with Crippen LogP contribution in [-0.4, -0.2) is 18.6 Å².